The molecule has 0 amide bonds. The average molecular weight is 310 g/mol. The normalized spacial score (nSPS) is 10.3. The lowest BCUT2D eigenvalue weighted by Crippen LogP contribution is -2.01. The molecule has 0 spiro atoms. The minimum absolute atomic E-state index is 0.407. The first-order valence-corrected chi connectivity index (χ1v) is 6.68. The van der Waals surface area contributed by atoms with E-state index in [0.29, 0.717) is 34.4 Å². The Kier molecular flexibility index (Phi) is 4.75. The van der Waals surface area contributed by atoms with Crippen LogP contribution in [0.15, 0.2) is 28.7 Å². The van der Waals surface area contributed by atoms with E-state index in [1.165, 1.54) is 7.11 Å². The largest absolute Gasteiger partial charge is 0.495 e. The molecule has 1 heterocycles. The Hall–Kier alpha value is -2.14. The van der Waals surface area contributed by atoms with Gasteiger partial charge in [-0.3, -0.25) is 0 Å². The zero-order chi connectivity index (χ0) is 15.4. The second-order valence-corrected chi connectivity index (χ2v) is 4.78. The Labute approximate surface area is 127 Å². The van der Waals surface area contributed by atoms with Crippen molar-refractivity contribution in [2.75, 3.05) is 19.5 Å². The molecule has 0 aliphatic rings. The fourth-order valence-electron chi connectivity index (χ4n) is 1.91. The highest BCUT2D eigenvalue weighted by Crippen LogP contribution is 2.27. The zero-order valence-electron chi connectivity index (χ0n) is 12.0. The van der Waals surface area contributed by atoms with Crippen molar-refractivity contribution in [2.24, 2.45) is 0 Å². The van der Waals surface area contributed by atoms with Gasteiger partial charge in [-0.2, -0.15) is 0 Å². The summed E-state index contributed by atoms with van der Waals surface area (Å²) in [6.07, 6.45) is 0. The average Bonchev–Trinajstić information content (AvgIpc) is 2.85. The number of benzene rings is 1. The Morgan fingerprint density at radius 1 is 1.33 bits per heavy atom. The number of nitrogens with one attached hydrogen (secondary N) is 1. The lowest BCUT2D eigenvalue weighted by molar-refractivity contribution is 0.0599. The van der Waals surface area contributed by atoms with E-state index in [1.807, 2.05) is 6.07 Å². The van der Waals surface area contributed by atoms with Gasteiger partial charge in [-0.05, 0) is 31.2 Å². The molecule has 0 bridgehead atoms. The van der Waals surface area contributed by atoms with E-state index in [-0.39, 0.29) is 0 Å². The van der Waals surface area contributed by atoms with Gasteiger partial charge in [0.1, 0.15) is 22.8 Å². The quantitative estimate of drug-likeness (QED) is 0.854. The third-order valence-corrected chi connectivity index (χ3v) is 3.29. The van der Waals surface area contributed by atoms with Gasteiger partial charge in [0.15, 0.2) is 0 Å². The van der Waals surface area contributed by atoms with E-state index in [4.69, 9.17) is 20.8 Å². The van der Waals surface area contributed by atoms with Crippen LogP contribution in [-0.4, -0.2) is 20.2 Å². The number of hydrogen-bond acceptors (Lipinski definition) is 5. The van der Waals surface area contributed by atoms with Crippen LogP contribution in [0.2, 0.25) is 5.02 Å². The summed E-state index contributed by atoms with van der Waals surface area (Å²) in [6, 6.07) is 7.05. The molecule has 5 nitrogen and oxygen atoms in total. The van der Waals surface area contributed by atoms with E-state index >= 15 is 0 Å². The van der Waals surface area contributed by atoms with Gasteiger partial charge < -0.3 is 19.2 Å². The smallest absolute Gasteiger partial charge is 0.341 e. The van der Waals surface area contributed by atoms with Crippen molar-refractivity contribution in [3.05, 3.63) is 46.4 Å². The molecular weight excluding hydrogens is 294 g/mol. The molecule has 112 valence electrons. The van der Waals surface area contributed by atoms with Gasteiger partial charge in [-0.15, -0.1) is 0 Å². The Balaban J connectivity index is 2.06. The SMILES string of the molecule is COC(=O)c1cc(CNc2ccc(OC)c(Cl)c2)oc1C. The monoisotopic (exact) mass is 309 g/mol. The first kappa shape index (κ1) is 15.3. The third-order valence-electron chi connectivity index (χ3n) is 2.99. The van der Waals surface area contributed by atoms with Crippen LogP contribution in [-0.2, 0) is 11.3 Å². The van der Waals surface area contributed by atoms with Gasteiger partial charge in [0, 0.05) is 5.69 Å². The summed E-state index contributed by atoms with van der Waals surface area (Å²) in [6.45, 7) is 2.15. The van der Waals surface area contributed by atoms with Crippen LogP contribution in [0, 0.1) is 6.92 Å². The minimum Gasteiger partial charge on any atom is -0.495 e. The first-order valence-electron chi connectivity index (χ1n) is 6.30. The number of carbonyl (C=O) groups excluding carboxylic acids is 1. The number of hydrogen-bond donors (Lipinski definition) is 1. The van der Waals surface area contributed by atoms with Crippen LogP contribution in [0.25, 0.3) is 0 Å². The van der Waals surface area contributed by atoms with Crippen LogP contribution in [0.3, 0.4) is 0 Å². The van der Waals surface area contributed by atoms with E-state index in [0.717, 1.165) is 5.69 Å². The predicted octanol–water partition coefficient (Wildman–Crippen LogP) is 3.65. The molecule has 0 unspecified atom stereocenters. The van der Waals surface area contributed by atoms with Crippen LogP contribution in [0.4, 0.5) is 5.69 Å². The molecule has 1 aromatic heterocycles. The maximum absolute atomic E-state index is 11.5. The number of halogens is 1. The molecule has 2 aromatic rings. The number of ether oxygens (including phenoxy) is 2. The summed E-state index contributed by atoms with van der Waals surface area (Å²) in [4.78, 5) is 11.5. The van der Waals surface area contributed by atoms with Crippen molar-refractivity contribution in [1.29, 1.82) is 0 Å². The van der Waals surface area contributed by atoms with Gasteiger partial charge >= 0.3 is 5.97 Å². The molecule has 21 heavy (non-hydrogen) atoms. The van der Waals surface area contributed by atoms with Crippen molar-refractivity contribution < 1.29 is 18.7 Å². The Bertz CT molecular complexity index is 651. The molecular formula is C15H16ClNO4. The lowest BCUT2D eigenvalue weighted by atomic mass is 10.2. The molecule has 6 heteroatoms. The fraction of sp³-hybridized carbons (Fsp3) is 0.267. The molecule has 1 aromatic carbocycles. The van der Waals surface area contributed by atoms with Crippen LogP contribution >= 0.6 is 11.6 Å². The standard InChI is InChI=1S/C15H16ClNO4/c1-9-12(15(18)20-3)7-11(21-9)8-17-10-4-5-14(19-2)13(16)6-10/h4-7,17H,8H2,1-3H3. The maximum Gasteiger partial charge on any atom is 0.341 e. The van der Waals surface area contributed by atoms with E-state index < -0.39 is 5.97 Å². The van der Waals surface area contributed by atoms with Gasteiger partial charge in [0.25, 0.3) is 0 Å². The van der Waals surface area contributed by atoms with Crippen molar-refractivity contribution in [3.8, 4) is 5.75 Å². The van der Waals surface area contributed by atoms with Crippen molar-refractivity contribution in [1.82, 2.24) is 0 Å². The maximum atomic E-state index is 11.5. The molecule has 0 atom stereocenters. The number of methoxy groups -OCH3 is 2. The number of furan rings is 1. The minimum atomic E-state index is -0.407. The van der Waals surface area contributed by atoms with Gasteiger partial charge in [-0.1, -0.05) is 11.6 Å². The summed E-state index contributed by atoms with van der Waals surface area (Å²) >= 11 is 6.05. The van der Waals surface area contributed by atoms with Crippen molar-refractivity contribution in [2.45, 2.75) is 13.5 Å². The van der Waals surface area contributed by atoms with Crippen LogP contribution < -0.4 is 10.1 Å². The Morgan fingerprint density at radius 3 is 2.71 bits per heavy atom. The lowest BCUT2D eigenvalue weighted by Gasteiger charge is -2.07. The summed E-state index contributed by atoms with van der Waals surface area (Å²) in [7, 11) is 2.90. The van der Waals surface area contributed by atoms with Gasteiger partial charge in [-0.25, -0.2) is 4.79 Å². The van der Waals surface area contributed by atoms with Gasteiger partial charge in [0.05, 0.1) is 25.8 Å². The van der Waals surface area contributed by atoms with E-state index in [9.17, 15) is 4.79 Å². The molecule has 2 rings (SSSR count). The second-order valence-electron chi connectivity index (χ2n) is 4.38. The number of carbonyl (C=O) groups is 1. The number of esters is 1. The third kappa shape index (κ3) is 3.49. The van der Waals surface area contributed by atoms with Gasteiger partial charge in [0.2, 0.25) is 0 Å². The van der Waals surface area contributed by atoms with Crippen LogP contribution in [0.1, 0.15) is 21.9 Å². The highest BCUT2D eigenvalue weighted by Gasteiger charge is 2.15. The summed E-state index contributed by atoms with van der Waals surface area (Å²) < 4.78 is 15.3. The summed E-state index contributed by atoms with van der Waals surface area (Å²) in [5, 5.41) is 3.69. The summed E-state index contributed by atoms with van der Waals surface area (Å²) in [5.41, 5.74) is 1.26. The first-order chi connectivity index (χ1) is 10.0. The number of aryl methyl sites for hydroxylation is 1. The number of anilines is 1. The molecule has 0 saturated carbocycles. The number of rotatable bonds is 5. The predicted molar refractivity (Wildman–Crippen MR) is 80.1 cm³/mol. The molecule has 0 aliphatic heterocycles. The molecule has 0 saturated heterocycles. The van der Waals surface area contributed by atoms with Crippen molar-refractivity contribution >= 4 is 23.3 Å². The fourth-order valence-corrected chi connectivity index (χ4v) is 2.17. The zero-order valence-corrected chi connectivity index (χ0v) is 12.8. The highest BCUT2D eigenvalue weighted by atomic mass is 35.5. The topological polar surface area (TPSA) is 60.7 Å². The molecule has 0 aliphatic carbocycles. The van der Waals surface area contributed by atoms with Crippen LogP contribution in [0.5, 0.6) is 5.75 Å². The second kappa shape index (κ2) is 6.54. The highest BCUT2D eigenvalue weighted by molar-refractivity contribution is 6.32. The molecule has 1 N–H and O–H groups in total. The molecule has 0 radical (unpaired) electrons. The summed E-state index contributed by atoms with van der Waals surface area (Å²) in [5.74, 6) is 1.38. The molecule has 0 fully saturated rings. The Morgan fingerprint density at radius 2 is 2.10 bits per heavy atom. The van der Waals surface area contributed by atoms with Crippen molar-refractivity contribution in [3.63, 3.8) is 0 Å². The van der Waals surface area contributed by atoms with E-state index in [2.05, 4.69) is 10.1 Å². The van der Waals surface area contributed by atoms with E-state index in [1.54, 1.807) is 32.2 Å².